The van der Waals surface area contributed by atoms with Crippen LogP contribution in [0.5, 0.6) is 5.75 Å². The largest absolute Gasteiger partial charge is 0.494 e. The minimum absolute atomic E-state index is 0.0111. The van der Waals surface area contributed by atoms with E-state index in [0.717, 1.165) is 0 Å². The second-order valence-electron chi connectivity index (χ2n) is 9.55. The number of nitrogens with one attached hydrogen (secondary N) is 3. The number of methoxy groups -OCH3 is 1. The summed E-state index contributed by atoms with van der Waals surface area (Å²) in [6.07, 6.45) is -0.263. The summed E-state index contributed by atoms with van der Waals surface area (Å²) in [5.41, 5.74) is -2.15. The standard InChI is InChI=1S/C25H20FN5O7/c1-24(16(32)8-18(33)29-24)15-6-5-13-12(27-15)7-17(38-13)25(22(35)28-23(36)30-25)10-31-9-11-3-4-14(37-2)20(26)19(11)21(31)34/h3-7H,8-10H2,1-2H3,(H,29,33)(H2,28,30,35,36)/t24?,25-/m0/s1. The topological polar surface area (TPSA) is 160 Å². The number of furan rings is 1. The van der Waals surface area contributed by atoms with Gasteiger partial charge in [0.25, 0.3) is 11.8 Å². The number of nitrogens with zero attached hydrogens (tertiary/aromatic N) is 2. The number of hydrogen-bond donors (Lipinski definition) is 3. The van der Waals surface area contributed by atoms with E-state index < -0.39 is 40.6 Å². The molecule has 194 valence electrons. The summed E-state index contributed by atoms with van der Waals surface area (Å²) in [4.78, 5) is 68.5. The van der Waals surface area contributed by atoms with E-state index in [9.17, 15) is 28.4 Å². The van der Waals surface area contributed by atoms with Crippen LogP contribution >= 0.6 is 0 Å². The molecule has 3 aliphatic rings. The van der Waals surface area contributed by atoms with Crippen LogP contribution in [0.1, 0.15) is 40.7 Å². The van der Waals surface area contributed by atoms with Gasteiger partial charge in [-0.2, -0.15) is 0 Å². The Bertz CT molecular complexity index is 1620. The molecular formula is C25H20FN5O7. The van der Waals surface area contributed by atoms with Gasteiger partial charge in [-0.25, -0.2) is 14.2 Å². The van der Waals surface area contributed by atoms with E-state index in [2.05, 4.69) is 20.9 Å². The van der Waals surface area contributed by atoms with Crippen LogP contribution in [-0.4, -0.2) is 53.1 Å². The highest BCUT2D eigenvalue weighted by Gasteiger charge is 2.53. The number of amides is 5. The zero-order valence-corrected chi connectivity index (χ0v) is 20.1. The van der Waals surface area contributed by atoms with Gasteiger partial charge < -0.3 is 24.7 Å². The predicted octanol–water partition coefficient (Wildman–Crippen LogP) is 0.970. The van der Waals surface area contributed by atoms with Crippen molar-refractivity contribution in [3.63, 3.8) is 0 Å². The van der Waals surface area contributed by atoms with Crippen LogP contribution in [0.25, 0.3) is 11.1 Å². The molecule has 38 heavy (non-hydrogen) atoms. The van der Waals surface area contributed by atoms with Crippen molar-refractivity contribution in [1.82, 2.24) is 25.8 Å². The van der Waals surface area contributed by atoms with E-state index in [4.69, 9.17) is 9.15 Å². The molecule has 5 amide bonds. The van der Waals surface area contributed by atoms with Gasteiger partial charge in [0.2, 0.25) is 5.91 Å². The van der Waals surface area contributed by atoms with Gasteiger partial charge in [0.1, 0.15) is 16.8 Å². The van der Waals surface area contributed by atoms with Crippen LogP contribution in [0.2, 0.25) is 0 Å². The van der Waals surface area contributed by atoms with Crippen molar-refractivity contribution in [3.05, 3.63) is 58.7 Å². The molecule has 2 saturated heterocycles. The van der Waals surface area contributed by atoms with E-state index in [-0.39, 0.29) is 59.2 Å². The highest BCUT2D eigenvalue weighted by molar-refractivity contribution is 6.10. The summed E-state index contributed by atoms with van der Waals surface area (Å²) in [6.45, 7) is 1.17. The smallest absolute Gasteiger partial charge is 0.322 e. The van der Waals surface area contributed by atoms with Gasteiger partial charge in [0.05, 0.1) is 31.3 Å². The molecule has 0 spiro atoms. The quantitative estimate of drug-likeness (QED) is 0.331. The van der Waals surface area contributed by atoms with E-state index >= 15 is 0 Å². The molecule has 2 aromatic heterocycles. The number of hydrogen-bond acceptors (Lipinski definition) is 8. The number of carbonyl (C=O) groups excluding carboxylic acids is 5. The summed E-state index contributed by atoms with van der Waals surface area (Å²) >= 11 is 0. The molecule has 0 aliphatic carbocycles. The number of benzene rings is 1. The Morgan fingerprint density at radius 1 is 1.13 bits per heavy atom. The highest BCUT2D eigenvalue weighted by atomic mass is 19.1. The lowest BCUT2D eigenvalue weighted by atomic mass is 9.93. The van der Waals surface area contributed by atoms with Crippen molar-refractivity contribution >= 4 is 40.6 Å². The zero-order valence-electron chi connectivity index (χ0n) is 20.1. The molecule has 0 bridgehead atoms. The molecular weight excluding hydrogens is 501 g/mol. The number of imide groups is 1. The highest BCUT2D eigenvalue weighted by Crippen LogP contribution is 2.37. The summed E-state index contributed by atoms with van der Waals surface area (Å²) in [5.74, 6) is -3.12. The maximum atomic E-state index is 14.9. The Hall–Kier alpha value is -4.81. The zero-order chi connectivity index (χ0) is 27.0. The minimum Gasteiger partial charge on any atom is -0.494 e. The molecule has 2 fully saturated rings. The Morgan fingerprint density at radius 2 is 1.92 bits per heavy atom. The van der Waals surface area contributed by atoms with Crippen molar-refractivity contribution in [1.29, 1.82) is 0 Å². The maximum Gasteiger partial charge on any atom is 0.322 e. The van der Waals surface area contributed by atoms with E-state index in [1.54, 1.807) is 13.0 Å². The summed E-state index contributed by atoms with van der Waals surface area (Å²) in [6, 6.07) is 6.65. The van der Waals surface area contributed by atoms with Crippen LogP contribution < -0.4 is 20.7 Å². The summed E-state index contributed by atoms with van der Waals surface area (Å²) in [5, 5.41) is 7.35. The number of carbonyl (C=O) groups is 5. The fourth-order valence-corrected chi connectivity index (χ4v) is 5.16. The molecule has 0 radical (unpaired) electrons. The predicted molar refractivity (Wildman–Crippen MR) is 125 cm³/mol. The first kappa shape index (κ1) is 23.6. The second-order valence-corrected chi connectivity index (χ2v) is 9.55. The maximum absolute atomic E-state index is 14.9. The monoisotopic (exact) mass is 521 g/mol. The fourth-order valence-electron chi connectivity index (χ4n) is 5.16. The molecule has 3 aromatic rings. The minimum atomic E-state index is -1.84. The first-order chi connectivity index (χ1) is 18.1. The normalized spacial score (nSPS) is 24.6. The van der Waals surface area contributed by atoms with Gasteiger partial charge in [-0.15, -0.1) is 0 Å². The molecule has 1 unspecified atom stereocenters. The molecule has 2 atom stereocenters. The first-order valence-corrected chi connectivity index (χ1v) is 11.6. The lowest BCUT2D eigenvalue weighted by Gasteiger charge is -2.28. The molecule has 3 aliphatic heterocycles. The summed E-state index contributed by atoms with van der Waals surface area (Å²) in [7, 11) is 1.29. The molecule has 0 saturated carbocycles. The average Bonchev–Trinajstić information content (AvgIpc) is 3.58. The first-order valence-electron chi connectivity index (χ1n) is 11.6. The number of ketones is 1. The van der Waals surface area contributed by atoms with Crippen LogP contribution in [0.15, 0.2) is 34.7 Å². The molecule has 5 heterocycles. The molecule has 1 aromatic carbocycles. The van der Waals surface area contributed by atoms with Crippen LogP contribution in [0.4, 0.5) is 9.18 Å². The van der Waals surface area contributed by atoms with Crippen molar-refractivity contribution in [2.24, 2.45) is 0 Å². The average molecular weight is 521 g/mol. The third kappa shape index (κ3) is 3.20. The Morgan fingerprint density at radius 3 is 2.58 bits per heavy atom. The van der Waals surface area contributed by atoms with Gasteiger partial charge in [-0.3, -0.25) is 24.5 Å². The number of Topliss-reactive ketones (excluding diaryl/α,β-unsaturated/α-hetero) is 1. The van der Waals surface area contributed by atoms with E-state index in [1.165, 1.54) is 36.3 Å². The SMILES string of the molecule is COc1ccc2c(c1F)C(=O)N(C[C@@]1(c3cc4nc(C5(C)NC(=O)CC5=O)ccc4o3)NC(=O)NC1=O)C2. The van der Waals surface area contributed by atoms with Crippen LogP contribution in [0, 0.1) is 5.82 Å². The number of aromatic nitrogens is 1. The Labute approximate surface area is 213 Å². The molecule has 6 rings (SSSR count). The number of fused-ring (bicyclic) bond motifs is 2. The van der Waals surface area contributed by atoms with E-state index in [1.807, 2.05) is 0 Å². The van der Waals surface area contributed by atoms with E-state index in [0.29, 0.717) is 5.56 Å². The molecule has 13 heteroatoms. The van der Waals surface area contributed by atoms with Crippen molar-refractivity contribution in [2.45, 2.75) is 31.0 Å². The Balaban J connectivity index is 1.39. The summed E-state index contributed by atoms with van der Waals surface area (Å²) < 4.78 is 25.7. The molecule has 3 N–H and O–H groups in total. The molecule has 12 nitrogen and oxygen atoms in total. The number of rotatable bonds is 5. The fraction of sp³-hybridized carbons (Fsp3) is 0.280. The van der Waals surface area contributed by atoms with Gasteiger partial charge >= 0.3 is 6.03 Å². The third-order valence-corrected chi connectivity index (χ3v) is 7.22. The number of ether oxygens (including phenoxy) is 1. The second kappa shape index (κ2) is 7.84. The van der Waals surface area contributed by atoms with Crippen LogP contribution in [0.3, 0.4) is 0 Å². The Kier molecular flexibility index (Phi) is 4.87. The lowest BCUT2D eigenvalue weighted by molar-refractivity contribution is -0.125. The van der Waals surface area contributed by atoms with Gasteiger partial charge in [0.15, 0.2) is 28.5 Å². The van der Waals surface area contributed by atoms with Gasteiger partial charge in [0, 0.05) is 12.6 Å². The number of halogens is 1. The van der Waals surface area contributed by atoms with Crippen molar-refractivity contribution in [3.8, 4) is 5.75 Å². The third-order valence-electron chi connectivity index (χ3n) is 7.22. The van der Waals surface area contributed by atoms with Crippen molar-refractivity contribution < 1.29 is 37.5 Å². The van der Waals surface area contributed by atoms with Crippen molar-refractivity contribution in [2.75, 3.05) is 13.7 Å². The van der Waals surface area contributed by atoms with Crippen LogP contribution in [-0.2, 0) is 32.0 Å². The number of urea groups is 1. The lowest BCUT2D eigenvalue weighted by Crippen LogP contribution is -2.52. The number of pyridine rings is 1. The van der Waals surface area contributed by atoms with Gasteiger partial charge in [-0.05, 0) is 30.7 Å². The van der Waals surface area contributed by atoms with Gasteiger partial charge in [-0.1, -0.05) is 6.07 Å².